The Balaban J connectivity index is 1.77. The number of nitrogens with one attached hydrogen (secondary N) is 2. The second-order valence-electron chi connectivity index (χ2n) is 15.8. The molecular formula is C44H65N5O7P2. The number of carbonyl (C=O) groups is 1. The zero-order chi connectivity index (χ0) is 42.4. The maximum absolute atomic E-state index is 13.5. The first kappa shape index (κ1) is 45.7. The van der Waals surface area contributed by atoms with Crippen molar-refractivity contribution in [2.75, 3.05) is 52.8 Å². The Morgan fingerprint density at radius 3 is 1.93 bits per heavy atom. The molecule has 2 unspecified atom stereocenters. The number of H-pyrrole nitrogens is 2. The number of amides is 1. The highest BCUT2D eigenvalue weighted by molar-refractivity contribution is 7.54. The summed E-state index contributed by atoms with van der Waals surface area (Å²) in [7, 11) is -2.88. The summed E-state index contributed by atoms with van der Waals surface area (Å²) in [6.45, 7) is 19.2. The van der Waals surface area contributed by atoms with Crippen molar-refractivity contribution in [2.24, 2.45) is 0 Å². The van der Waals surface area contributed by atoms with Crippen LogP contribution >= 0.6 is 15.2 Å². The van der Waals surface area contributed by atoms with Gasteiger partial charge in [-0.1, -0.05) is 13.8 Å². The van der Waals surface area contributed by atoms with Crippen LogP contribution in [-0.4, -0.2) is 83.6 Å². The summed E-state index contributed by atoms with van der Waals surface area (Å²) in [6, 6.07) is 10.6. The highest BCUT2D eigenvalue weighted by atomic mass is 31.2. The molecule has 0 aliphatic carbocycles. The molecule has 0 radical (unpaired) electrons. The van der Waals surface area contributed by atoms with Gasteiger partial charge in [0.05, 0.1) is 50.1 Å². The Labute approximate surface area is 345 Å². The maximum Gasteiger partial charge on any atom is 0.330 e. The Bertz CT molecular complexity index is 2240. The van der Waals surface area contributed by atoms with Gasteiger partial charge >= 0.3 is 15.2 Å². The van der Waals surface area contributed by atoms with E-state index in [-0.39, 0.29) is 18.0 Å². The molecule has 5 rings (SSSR count). The average Bonchev–Trinajstić information content (AvgIpc) is 3.82. The molecule has 0 spiro atoms. The summed E-state index contributed by atoms with van der Waals surface area (Å²) >= 11 is 0. The third-order valence-corrected chi connectivity index (χ3v) is 15.8. The van der Waals surface area contributed by atoms with E-state index in [1.165, 1.54) is 0 Å². The summed E-state index contributed by atoms with van der Waals surface area (Å²) in [5, 5.41) is 0. The fraction of sp³-hybridized carbons (Fsp3) is 0.568. The standard InChI is InChI=1S/C44H65N5O7P2/c1-12-35-41-25-36-29(6)23-32(45-36)24-37-30(7)33(19-17-21-57(51,53-13-2)54-14-3)39(46-37)26-40-34(20-18-22-58(52,55-15-4)56-16-5)31(8)38(47-40)27-42(48-41)44(35,9)28-43(50)49(10)11/h23-27,35,45,47H,12-22,28H2,1-11H3. The zero-order valence-electron chi connectivity index (χ0n) is 36.5. The zero-order valence-corrected chi connectivity index (χ0v) is 38.3. The number of aryl methyl sites for hydroxylation is 3. The fourth-order valence-corrected chi connectivity index (χ4v) is 11.7. The van der Waals surface area contributed by atoms with Crippen molar-refractivity contribution in [1.29, 1.82) is 0 Å². The van der Waals surface area contributed by atoms with Crippen LogP contribution in [0.4, 0.5) is 0 Å². The van der Waals surface area contributed by atoms with Gasteiger partial charge in [-0.2, -0.15) is 0 Å². The lowest BCUT2D eigenvalue weighted by Crippen LogP contribution is -2.34. The van der Waals surface area contributed by atoms with Crippen molar-refractivity contribution in [3.8, 4) is 0 Å². The highest BCUT2D eigenvalue weighted by Crippen LogP contribution is 2.51. The van der Waals surface area contributed by atoms with Gasteiger partial charge in [0.2, 0.25) is 5.91 Å². The molecule has 2 aliphatic rings. The number of hydrogen-bond acceptors (Lipinski definition) is 9. The second kappa shape index (κ2) is 19.3. The van der Waals surface area contributed by atoms with Crippen LogP contribution in [0.3, 0.4) is 0 Å². The normalized spacial score (nSPS) is 17.3. The number of nitrogens with zero attached hydrogens (tertiary/aromatic N) is 3. The summed E-state index contributed by atoms with van der Waals surface area (Å²) in [4.78, 5) is 33.1. The number of allylic oxidation sites excluding steroid dienone is 2. The van der Waals surface area contributed by atoms with E-state index in [2.05, 4.69) is 74.9 Å². The summed E-state index contributed by atoms with van der Waals surface area (Å²) in [6.07, 6.45) is 4.11. The number of aromatic amines is 2. The number of rotatable bonds is 19. The van der Waals surface area contributed by atoms with E-state index < -0.39 is 20.6 Å². The van der Waals surface area contributed by atoms with Gasteiger partial charge in [-0.25, -0.2) is 4.98 Å². The van der Waals surface area contributed by atoms with Gasteiger partial charge in [-0.3, -0.25) is 18.9 Å². The quantitative estimate of drug-likeness (QED) is 0.113. The van der Waals surface area contributed by atoms with Crippen molar-refractivity contribution in [3.63, 3.8) is 0 Å². The van der Waals surface area contributed by atoms with Crippen LogP contribution in [0.2, 0.25) is 0 Å². The Hall–Kier alpha value is -3.37. The summed E-state index contributed by atoms with van der Waals surface area (Å²) < 4.78 is 49.5. The van der Waals surface area contributed by atoms with Crippen LogP contribution in [0, 0.1) is 13.8 Å². The van der Waals surface area contributed by atoms with Crippen molar-refractivity contribution in [1.82, 2.24) is 24.8 Å². The molecule has 5 heterocycles. The monoisotopic (exact) mass is 837 g/mol. The van der Waals surface area contributed by atoms with Gasteiger partial charge in [0.15, 0.2) is 0 Å². The van der Waals surface area contributed by atoms with Gasteiger partial charge in [-0.05, 0) is 139 Å². The number of aromatic nitrogens is 4. The predicted molar refractivity (Wildman–Crippen MR) is 236 cm³/mol. The van der Waals surface area contributed by atoms with Gasteiger partial charge in [-0.15, -0.1) is 0 Å². The van der Waals surface area contributed by atoms with Gasteiger partial charge < -0.3 is 33.0 Å². The third kappa shape index (κ3) is 10.1. The fourth-order valence-electron chi connectivity index (χ4n) is 8.41. The highest BCUT2D eigenvalue weighted by Gasteiger charge is 2.44. The molecule has 318 valence electrons. The number of carbonyl (C=O) groups excluding carboxylic acids is 1. The first-order chi connectivity index (χ1) is 27.5. The topological polar surface area (TPSA) is 149 Å². The van der Waals surface area contributed by atoms with E-state index in [0.29, 0.717) is 64.7 Å². The molecule has 1 amide bonds. The van der Waals surface area contributed by atoms with E-state index in [4.69, 9.17) is 28.1 Å². The van der Waals surface area contributed by atoms with Crippen LogP contribution in [0.25, 0.3) is 33.2 Å². The van der Waals surface area contributed by atoms with Crippen molar-refractivity contribution >= 4 is 54.3 Å². The Kier molecular flexibility index (Phi) is 15.2. The van der Waals surface area contributed by atoms with E-state index in [9.17, 15) is 13.9 Å². The van der Waals surface area contributed by atoms with Crippen molar-refractivity contribution in [3.05, 3.63) is 69.8 Å². The molecule has 2 aliphatic heterocycles. The Morgan fingerprint density at radius 1 is 0.759 bits per heavy atom. The smallest absolute Gasteiger partial charge is 0.330 e. The lowest BCUT2D eigenvalue weighted by Gasteiger charge is -2.31. The van der Waals surface area contributed by atoms with Crippen molar-refractivity contribution in [2.45, 2.75) is 112 Å². The number of fused-ring (bicyclic) bond motifs is 8. The van der Waals surface area contributed by atoms with Gasteiger partial charge in [0.1, 0.15) is 0 Å². The summed E-state index contributed by atoms with van der Waals surface area (Å²) in [5.74, 6) is 0.0534. The third-order valence-electron chi connectivity index (χ3n) is 11.5. The molecule has 0 saturated heterocycles. The molecule has 3 aromatic heterocycles. The van der Waals surface area contributed by atoms with Crippen LogP contribution < -0.4 is 0 Å². The Morgan fingerprint density at radius 2 is 1.36 bits per heavy atom. The molecule has 14 heteroatoms. The molecular weight excluding hydrogens is 772 g/mol. The first-order valence-corrected chi connectivity index (χ1v) is 24.4. The van der Waals surface area contributed by atoms with Crippen LogP contribution in [-0.2, 0) is 43.9 Å². The molecule has 0 fully saturated rings. The second-order valence-corrected chi connectivity index (χ2v) is 20.1. The van der Waals surface area contributed by atoms with Crippen LogP contribution in [0.5, 0.6) is 0 Å². The average molecular weight is 838 g/mol. The van der Waals surface area contributed by atoms with Gasteiger partial charge in [0, 0.05) is 65.3 Å². The maximum atomic E-state index is 13.5. The van der Waals surface area contributed by atoms with Crippen LogP contribution in [0.1, 0.15) is 126 Å². The molecule has 2 atom stereocenters. The van der Waals surface area contributed by atoms with Gasteiger partial charge in [0.25, 0.3) is 0 Å². The first-order valence-electron chi connectivity index (χ1n) is 20.9. The molecule has 3 aromatic rings. The van der Waals surface area contributed by atoms with E-state index >= 15 is 0 Å². The lowest BCUT2D eigenvalue weighted by molar-refractivity contribution is -0.130. The van der Waals surface area contributed by atoms with Crippen molar-refractivity contribution < 1.29 is 32.0 Å². The molecule has 0 saturated carbocycles. The lowest BCUT2D eigenvalue weighted by atomic mass is 9.71. The molecule has 0 aromatic carbocycles. The molecule has 8 bridgehead atoms. The van der Waals surface area contributed by atoms with Crippen LogP contribution in [0.15, 0.2) is 30.3 Å². The summed E-state index contributed by atoms with van der Waals surface area (Å²) in [5.41, 5.74) is 11.9. The molecule has 2 N–H and O–H groups in total. The van der Waals surface area contributed by atoms with E-state index in [1.54, 1.807) is 19.0 Å². The molecule has 58 heavy (non-hydrogen) atoms. The minimum Gasteiger partial charge on any atom is -0.355 e. The SMILES string of the molecule is CCOP(=O)(CCCC1=C(C)c2cc3cc(C)c(cc4nc(cc5[nH]c(cc1n2)c(CCCP(=O)(OCC)OCC)c5C)C(C)(CC(=O)N(C)C)C4CC)[nH]3)OCC. The predicted octanol–water partition coefficient (Wildman–Crippen LogP) is 11.0. The van der Waals surface area contributed by atoms with E-state index in [1.807, 2.05) is 27.7 Å². The minimum atomic E-state index is -3.25. The van der Waals surface area contributed by atoms with E-state index in [0.717, 1.165) is 79.1 Å². The largest absolute Gasteiger partial charge is 0.355 e. The number of hydrogen-bond donors (Lipinski definition) is 2. The minimum absolute atomic E-state index is 0.00458. The molecule has 12 nitrogen and oxygen atoms in total.